The Bertz CT molecular complexity index is 1100. The Hall–Kier alpha value is -3.13. The number of nitrogens with zero attached hydrogens (tertiary/aromatic N) is 3. The maximum Gasteiger partial charge on any atom is 0.227 e. The molecule has 0 saturated carbocycles. The van der Waals surface area contributed by atoms with E-state index in [9.17, 15) is 9.59 Å². The number of carbonyl (C=O) groups excluding carboxylic acids is 2. The maximum absolute atomic E-state index is 12.8. The third-order valence-corrected chi connectivity index (χ3v) is 6.14. The highest BCUT2D eigenvalue weighted by Gasteiger charge is 2.30. The van der Waals surface area contributed by atoms with Gasteiger partial charge in [-0.25, -0.2) is 4.68 Å². The number of hydrogen-bond acceptors (Lipinski definition) is 4. The summed E-state index contributed by atoms with van der Waals surface area (Å²) in [6.07, 6.45) is 1.45. The molecule has 2 N–H and O–H groups in total. The number of hydrogen-bond donors (Lipinski definition) is 2. The molecule has 1 aliphatic heterocycles. The van der Waals surface area contributed by atoms with Crippen LogP contribution in [-0.2, 0) is 9.59 Å². The van der Waals surface area contributed by atoms with Crippen molar-refractivity contribution in [2.24, 2.45) is 5.92 Å². The Morgan fingerprint density at radius 3 is 2.28 bits per heavy atom. The molecule has 1 saturated heterocycles. The zero-order valence-corrected chi connectivity index (χ0v) is 19.7. The minimum absolute atomic E-state index is 0.0433. The Kier molecular flexibility index (Phi) is 6.60. The summed E-state index contributed by atoms with van der Waals surface area (Å²) < 4.78 is 2.85. The van der Waals surface area contributed by atoms with E-state index in [4.69, 9.17) is 5.10 Å². The molecule has 1 fully saturated rings. The Balaban J connectivity index is 1.53. The molecule has 0 atom stereocenters. The van der Waals surface area contributed by atoms with Gasteiger partial charge >= 0.3 is 0 Å². The number of piperidine rings is 1. The van der Waals surface area contributed by atoms with Gasteiger partial charge in [-0.05, 0) is 56.2 Å². The molecule has 166 valence electrons. The Labute approximate surface area is 195 Å². The number of aryl methyl sites for hydroxylation is 1. The molecule has 1 aromatic heterocycles. The lowest BCUT2D eigenvalue weighted by atomic mass is 9.95. The molecular formula is C24H26BrN5O2. The maximum atomic E-state index is 12.8. The molecule has 8 heteroatoms. The lowest BCUT2D eigenvalue weighted by molar-refractivity contribution is -0.120. The second-order valence-electron chi connectivity index (χ2n) is 7.97. The second kappa shape index (κ2) is 9.56. The zero-order valence-electron chi connectivity index (χ0n) is 18.1. The van der Waals surface area contributed by atoms with Gasteiger partial charge in [-0.2, -0.15) is 5.10 Å². The van der Waals surface area contributed by atoms with E-state index in [1.54, 1.807) is 0 Å². The van der Waals surface area contributed by atoms with E-state index in [1.165, 1.54) is 6.92 Å². The molecule has 2 aromatic carbocycles. The van der Waals surface area contributed by atoms with Gasteiger partial charge in [0.25, 0.3) is 0 Å². The molecule has 2 amide bonds. The van der Waals surface area contributed by atoms with Gasteiger partial charge in [0, 0.05) is 36.1 Å². The van der Waals surface area contributed by atoms with Crippen molar-refractivity contribution >= 4 is 44.9 Å². The van der Waals surface area contributed by atoms with E-state index in [1.807, 2.05) is 66.2 Å². The summed E-state index contributed by atoms with van der Waals surface area (Å²) in [6.45, 7) is 4.79. The van der Waals surface area contributed by atoms with Crippen molar-refractivity contribution < 1.29 is 9.59 Å². The molecule has 7 nitrogen and oxygen atoms in total. The summed E-state index contributed by atoms with van der Waals surface area (Å²) >= 11 is 3.41. The number of rotatable bonds is 5. The highest BCUT2D eigenvalue weighted by atomic mass is 79.9. The van der Waals surface area contributed by atoms with Crippen LogP contribution in [-0.4, -0.2) is 34.7 Å². The van der Waals surface area contributed by atoms with Gasteiger partial charge in [0.1, 0.15) is 5.69 Å². The first-order valence-electron chi connectivity index (χ1n) is 10.7. The molecule has 2 heterocycles. The SMILES string of the molecule is CC(=O)Nc1c(C)nn(-c2ccccc2)c1N1CCC(C(=O)Nc2ccc(Br)cc2)CC1. The first kappa shape index (κ1) is 22.1. The highest BCUT2D eigenvalue weighted by molar-refractivity contribution is 9.10. The van der Waals surface area contributed by atoms with E-state index in [0.29, 0.717) is 13.1 Å². The molecule has 0 bridgehead atoms. The van der Waals surface area contributed by atoms with Crippen LogP contribution in [0.25, 0.3) is 5.69 Å². The van der Waals surface area contributed by atoms with E-state index in [0.717, 1.165) is 45.9 Å². The quantitative estimate of drug-likeness (QED) is 0.534. The van der Waals surface area contributed by atoms with E-state index in [2.05, 4.69) is 31.5 Å². The van der Waals surface area contributed by atoms with Crippen molar-refractivity contribution in [2.45, 2.75) is 26.7 Å². The number of amides is 2. The van der Waals surface area contributed by atoms with E-state index in [-0.39, 0.29) is 17.7 Å². The predicted molar refractivity (Wildman–Crippen MR) is 130 cm³/mol. The zero-order chi connectivity index (χ0) is 22.7. The first-order valence-corrected chi connectivity index (χ1v) is 11.5. The van der Waals surface area contributed by atoms with Crippen molar-refractivity contribution in [1.82, 2.24) is 9.78 Å². The predicted octanol–water partition coefficient (Wildman–Crippen LogP) is 4.76. The summed E-state index contributed by atoms with van der Waals surface area (Å²) in [6, 6.07) is 17.5. The molecule has 4 rings (SSSR count). The average Bonchev–Trinajstić information content (AvgIpc) is 3.11. The van der Waals surface area contributed by atoms with Crippen molar-refractivity contribution in [2.75, 3.05) is 28.6 Å². The molecule has 0 aliphatic carbocycles. The molecular weight excluding hydrogens is 470 g/mol. The van der Waals surface area contributed by atoms with Crippen LogP contribution in [0.15, 0.2) is 59.1 Å². The normalized spacial score (nSPS) is 14.3. The van der Waals surface area contributed by atoms with Crippen LogP contribution in [0.1, 0.15) is 25.5 Å². The van der Waals surface area contributed by atoms with Crippen LogP contribution < -0.4 is 15.5 Å². The highest BCUT2D eigenvalue weighted by Crippen LogP contribution is 2.35. The molecule has 0 spiro atoms. The number of benzene rings is 2. The summed E-state index contributed by atoms with van der Waals surface area (Å²) in [7, 11) is 0. The molecule has 1 aliphatic rings. The number of aromatic nitrogens is 2. The lowest BCUT2D eigenvalue weighted by Gasteiger charge is -2.33. The summed E-state index contributed by atoms with van der Waals surface area (Å²) in [5.41, 5.74) is 3.21. The third-order valence-electron chi connectivity index (χ3n) is 5.61. The second-order valence-corrected chi connectivity index (χ2v) is 8.89. The summed E-state index contributed by atoms with van der Waals surface area (Å²) in [4.78, 5) is 26.9. The van der Waals surface area contributed by atoms with Crippen molar-refractivity contribution in [3.8, 4) is 5.69 Å². The lowest BCUT2D eigenvalue weighted by Crippen LogP contribution is -2.39. The van der Waals surface area contributed by atoms with Gasteiger partial charge in [-0.1, -0.05) is 34.1 Å². The van der Waals surface area contributed by atoms with Crippen molar-refractivity contribution in [1.29, 1.82) is 0 Å². The van der Waals surface area contributed by atoms with E-state index >= 15 is 0 Å². The Morgan fingerprint density at radius 1 is 1.00 bits per heavy atom. The van der Waals surface area contributed by atoms with Gasteiger partial charge < -0.3 is 15.5 Å². The van der Waals surface area contributed by atoms with Crippen LogP contribution >= 0.6 is 15.9 Å². The fourth-order valence-corrected chi connectivity index (χ4v) is 4.27. The smallest absolute Gasteiger partial charge is 0.227 e. The Morgan fingerprint density at radius 2 is 1.66 bits per heavy atom. The largest absolute Gasteiger partial charge is 0.355 e. The third kappa shape index (κ3) is 4.85. The topological polar surface area (TPSA) is 79.3 Å². The standard InChI is InChI=1S/C24H26BrN5O2/c1-16-22(26-17(2)31)24(30(28-16)21-6-4-3-5-7-21)29-14-12-18(13-15-29)23(32)27-20-10-8-19(25)9-11-20/h3-11,18H,12-15H2,1-2H3,(H,26,31)(H,27,32). The number of nitrogens with one attached hydrogen (secondary N) is 2. The molecule has 32 heavy (non-hydrogen) atoms. The minimum Gasteiger partial charge on any atom is -0.355 e. The van der Waals surface area contributed by atoms with Crippen LogP contribution in [0.5, 0.6) is 0 Å². The fraction of sp³-hybridized carbons (Fsp3) is 0.292. The molecule has 0 radical (unpaired) electrons. The average molecular weight is 496 g/mol. The van der Waals surface area contributed by atoms with Gasteiger partial charge in [-0.15, -0.1) is 0 Å². The van der Waals surface area contributed by atoms with Crippen molar-refractivity contribution in [3.63, 3.8) is 0 Å². The number of anilines is 3. The number of para-hydroxylation sites is 1. The van der Waals surface area contributed by atoms with Crippen LogP contribution in [0.3, 0.4) is 0 Å². The van der Waals surface area contributed by atoms with Crippen LogP contribution in [0.2, 0.25) is 0 Å². The van der Waals surface area contributed by atoms with Crippen LogP contribution in [0, 0.1) is 12.8 Å². The summed E-state index contributed by atoms with van der Waals surface area (Å²) in [5, 5.41) is 10.7. The molecule has 0 unspecified atom stereocenters. The van der Waals surface area contributed by atoms with Gasteiger partial charge in [0.15, 0.2) is 5.82 Å². The monoisotopic (exact) mass is 495 g/mol. The molecule has 3 aromatic rings. The first-order chi connectivity index (χ1) is 15.4. The summed E-state index contributed by atoms with van der Waals surface area (Å²) in [5.74, 6) is 0.705. The van der Waals surface area contributed by atoms with Crippen molar-refractivity contribution in [3.05, 3.63) is 64.8 Å². The van der Waals surface area contributed by atoms with Gasteiger partial charge in [0.2, 0.25) is 11.8 Å². The number of carbonyl (C=O) groups is 2. The van der Waals surface area contributed by atoms with Gasteiger partial charge in [-0.3, -0.25) is 9.59 Å². The van der Waals surface area contributed by atoms with Crippen LogP contribution in [0.4, 0.5) is 17.2 Å². The fourth-order valence-electron chi connectivity index (χ4n) is 4.01. The van der Waals surface area contributed by atoms with E-state index < -0.39 is 0 Å². The number of halogens is 1. The minimum atomic E-state index is -0.134. The van der Waals surface area contributed by atoms with Gasteiger partial charge in [0.05, 0.1) is 11.4 Å².